The van der Waals surface area contributed by atoms with Crippen LogP contribution in [-0.4, -0.2) is 41.9 Å². The third-order valence-corrected chi connectivity index (χ3v) is 5.60. The number of carbonyl (C=O) groups is 2. The second-order valence-corrected chi connectivity index (χ2v) is 7.81. The maximum Gasteiger partial charge on any atom is 0.238 e. The number of amides is 1. The van der Waals surface area contributed by atoms with Crippen LogP contribution in [0.15, 0.2) is 0 Å². The van der Waals surface area contributed by atoms with Crippen LogP contribution in [0.2, 0.25) is 0 Å². The van der Waals surface area contributed by atoms with Gasteiger partial charge in [-0.25, -0.2) is 0 Å². The molecule has 0 radical (unpaired) electrons. The molecule has 1 fully saturated rings. The van der Waals surface area contributed by atoms with E-state index in [4.69, 9.17) is 5.73 Å². The molecule has 24 heavy (non-hydrogen) atoms. The Hall–Kier alpha value is -0.590. The van der Waals surface area contributed by atoms with Crippen molar-refractivity contribution < 1.29 is 9.59 Å². The summed E-state index contributed by atoms with van der Waals surface area (Å²) in [5.74, 6) is 1.38. The number of nitrogens with one attached hydrogen (secondary N) is 2. The molecule has 1 amide bonds. The van der Waals surface area contributed by atoms with Gasteiger partial charge in [0, 0.05) is 25.1 Å². The smallest absolute Gasteiger partial charge is 0.238 e. The summed E-state index contributed by atoms with van der Waals surface area (Å²) in [5.41, 5.74) is 5.46. The molecule has 1 aliphatic rings. The Morgan fingerprint density at radius 3 is 2.67 bits per heavy atom. The number of ketones is 1. The van der Waals surface area contributed by atoms with E-state index in [-0.39, 0.29) is 11.9 Å². The molecular weight excluding hydrogens is 322 g/mol. The molecule has 0 aromatic heterocycles. The lowest BCUT2D eigenvalue weighted by atomic mass is 10.1. The van der Waals surface area contributed by atoms with Crippen LogP contribution in [0.1, 0.15) is 71.1 Å². The van der Waals surface area contributed by atoms with Crippen LogP contribution in [0.25, 0.3) is 0 Å². The molecule has 4 N–H and O–H groups in total. The van der Waals surface area contributed by atoms with Gasteiger partial charge in [-0.1, -0.05) is 26.2 Å². The van der Waals surface area contributed by atoms with Crippen molar-refractivity contribution >= 4 is 23.5 Å². The molecule has 0 bridgehead atoms. The van der Waals surface area contributed by atoms with E-state index in [0.29, 0.717) is 11.2 Å². The molecule has 1 saturated heterocycles. The molecule has 0 aromatic rings. The number of hydrogen-bond donors (Lipinski definition) is 3. The van der Waals surface area contributed by atoms with E-state index < -0.39 is 0 Å². The molecule has 6 heteroatoms. The van der Waals surface area contributed by atoms with Crippen molar-refractivity contribution in [3.63, 3.8) is 0 Å². The van der Waals surface area contributed by atoms with Gasteiger partial charge in [-0.15, -0.1) is 11.8 Å². The van der Waals surface area contributed by atoms with Crippen LogP contribution in [0.4, 0.5) is 0 Å². The molecule has 2 atom stereocenters. The summed E-state index contributed by atoms with van der Waals surface area (Å²) in [6.07, 6.45) is 9.82. The van der Waals surface area contributed by atoms with Gasteiger partial charge in [-0.05, 0) is 38.6 Å². The highest BCUT2D eigenvalue weighted by molar-refractivity contribution is 8.00. The van der Waals surface area contributed by atoms with Crippen molar-refractivity contribution in [1.29, 1.82) is 0 Å². The number of unbranched alkanes of at least 4 members (excludes halogenated alkanes) is 4. The zero-order chi connectivity index (χ0) is 17.6. The summed E-state index contributed by atoms with van der Waals surface area (Å²) in [4.78, 5) is 23.5. The van der Waals surface area contributed by atoms with E-state index in [2.05, 4.69) is 10.6 Å². The lowest BCUT2D eigenvalue weighted by molar-refractivity contribution is -0.122. The third-order valence-electron chi connectivity index (χ3n) is 4.30. The second-order valence-electron chi connectivity index (χ2n) is 6.57. The SMILES string of the molecule is CCCC(=O)CCCCCC1NC(C(=O)NCCCCCN)CS1. The molecule has 1 heterocycles. The largest absolute Gasteiger partial charge is 0.355 e. The maximum absolute atomic E-state index is 12.1. The molecule has 2 unspecified atom stereocenters. The first-order chi connectivity index (χ1) is 11.7. The Labute approximate surface area is 151 Å². The highest BCUT2D eigenvalue weighted by Gasteiger charge is 2.28. The predicted octanol–water partition coefficient (Wildman–Crippen LogP) is 2.58. The molecular formula is C18H35N3O2S. The van der Waals surface area contributed by atoms with Crippen LogP contribution < -0.4 is 16.4 Å². The van der Waals surface area contributed by atoms with Gasteiger partial charge in [0.1, 0.15) is 5.78 Å². The van der Waals surface area contributed by atoms with Gasteiger partial charge in [0.2, 0.25) is 5.91 Å². The monoisotopic (exact) mass is 357 g/mol. The van der Waals surface area contributed by atoms with Gasteiger partial charge >= 0.3 is 0 Å². The topological polar surface area (TPSA) is 84.2 Å². The normalized spacial score (nSPS) is 20.2. The number of hydrogen-bond acceptors (Lipinski definition) is 5. The Bertz CT molecular complexity index is 366. The molecule has 0 aromatic carbocycles. The number of thioether (sulfide) groups is 1. The average molecular weight is 358 g/mol. The van der Waals surface area contributed by atoms with Crippen LogP contribution >= 0.6 is 11.8 Å². The number of nitrogens with two attached hydrogens (primary N) is 1. The predicted molar refractivity (Wildman–Crippen MR) is 102 cm³/mol. The zero-order valence-electron chi connectivity index (χ0n) is 15.1. The number of Topliss-reactive ketones (excluding diaryl/α,β-unsaturated/α-hetero) is 1. The number of carbonyl (C=O) groups excluding carboxylic acids is 2. The highest BCUT2D eigenvalue weighted by Crippen LogP contribution is 2.23. The fourth-order valence-corrected chi connectivity index (χ4v) is 4.13. The lowest BCUT2D eigenvalue weighted by Gasteiger charge is -2.13. The average Bonchev–Trinajstić information content (AvgIpc) is 3.03. The standard InChI is InChI=1S/C18H35N3O2S/c1-2-9-15(22)10-5-3-6-11-17-21-16(14-24-17)18(23)20-13-8-4-7-12-19/h16-17,21H,2-14,19H2,1H3,(H,20,23). The van der Waals surface area contributed by atoms with Gasteiger partial charge in [0.25, 0.3) is 0 Å². The van der Waals surface area contributed by atoms with Crippen molar-refractivity contribution in [3.8, 4) is 0 Å². The van der Waals surface area contributed by atoms with Crippen molar-refractivity contribution in [2.75, 3.05) is 18.8 Å². The summed E-state index contributed by atoms with van der Waals surface area (Å²) in [5, 5.41) is 6.82. The molecule has 1 aliphatic heterocycles. The Kier molecular flexibility index (Phi) is 12.2. The molecule has 0 aliphatic carbocycles. The van der Waals surface area contributed by atoms with E-state index in [1.54, 1.807) is 0 Å². The Morgan fingerprint density at radius 1 is 1.12 bits per heavy atom. The summed E-state index contributed by atoms with van der Waals surface area (Å²) in [6.45, 7) is 3.52. The minimum absolute atomic E-state index is 0.0550. The van der Waals surface area contributed by atoms with E-state index in [1.165, 1.54) is 0 Å². The maximum atomic E-state index is 12.1. The van der Waals surface area contributed by atoms with Crippen molar-refractivity contribution in [1.82, 2.24) is 10.6 Å². The van der Waals surface area contributed by atoms with Crippen molar-refractivity contribution in [2.45, 2.75) is 82.5 Å². The van der Waals surface area contributed by atoms with Crippen molar-refractivity contribution in [2.24, 2.45) is 5.73 Å². The molecule has 140 valence electrons. The fourth-order valence-electron chi connectivity index (χ4n) is 2.86. The second kappa shape index (κ2) is 13.7. The first kappa shape index (κ1) is 21.5. The van der Waals surface area contributed by atoms with E-state index >= 15 is 0 Å². The van der Waals surface area contributed by atoms with Gasteiger partial charge in [-0.2, -0.15) is 0 Å². The van der Waals surface area contributed by atoms with Crippen LogP contribution in [0.5, 0.6) is 0 Å². The van der Waals surface area contributed by atoms with Gasteiger partial charge in [-0.3, -0.25) is 14.9 Å². The fraction of sp³-hybridized carbons (Fsp3) is 0.889. The van der Waals surface area contributed by atoms with Gasteiger partial charge in [0.15, 0.2) is 0 Å². The highest BCUT2D eigenvalue weighted by atomic mass is 32.2. The first-order valence-corrected chi connectivity index (χ1v) is 10.6. The van der Waals surface area contributed by atoms with Crippen LogP contribution in [0.3, 0.4) is 0 Å². The Morgan fingerprint density at radius 2 is 1.92 bits per heavy atom. The van der Waals surface area contributed by atoms with Crippen LogP contribution in [-0.2, 0) is 9.59 Å². The molecule has 0 spiro atoms. The summed E-state index contributed by atoms with van der Waals surface area (Å²) >= 11 is 1.84. The first-order valence-electron chi connectivity index (χ1n) is 9.54. The molecule has 1 rings (SSSR count). The minimum atomic E-state index is -0.0550. The van der Waals surface area contributed by atoms with Gasteiger partial charge < -0.3 is 11.1 Å². The van der Waals surface area contributed by atoms with E-state index in [1.807, 2.05) is 18.7 Å². The zero-order valence-corrected chi connectivity index (χ0v) is 16.0. The third kappa shape index (κ3) is 9.64. The lowest BCUT2D eigenvalue weighted by Crippen LogP contribution is -2.44. The van der Waals surface area contributed by atoms with E-state index in [9.17, 15) is 9.59 Å². The number of rotatable bonds is 14. The summed E-state index contributed by atoms with van der Waals surface area (Å²) in [7, 11) is 0. The van der Waals surface area contributed by atoms with Crippen molar-refractivity contribution in [3.05, 3.63) is 0 Å². The minimum Gasteiger partial charge on any atom is -0.355 e. The molecule has 5 nitrogen and oxygen atoms in total. The quantitative estimate of drug-likeness (QED) is 0.416. The van der Waals surface area contributed by atoms with Crippen LogP contribution in [0, 0.1) is 0 Å². The molecule has 0 saturated carbocycles. The summed E-state index contributed by atoms with van der Waals surface area (Å²) < 4.78 is 0. The van der Waals surface area contributed by atoms with E-state index in [0.717, 1.165) is 83.1 Å². The summed E-state index contributed by atoms with van der Waals surface area (Å²) in [6, 6.07) is -0.0550. The van der Waals surface area contributed by atoms with Gasteiger partial charge in [0.05, 0.1) is 11.4 Å². The Balaban J connectivity index is 2.02.